The Morgan fingerprint density at radius 3 is 2.31 bits per heavy atom. The van der Waals surface area contributed by atoms with Gasteiger partial charge in [-0.2, -0.15) is 0 Å². The number of hydrogen-bond acceptors (Lipinski definition) is 4. The molecule has 0 fully saturated rings. The largest absolute Gasteiger partial charge is 0.468 e. The van der Waals surface area contributed by atoms with Crippen molar-refractivity contribution in [2.75, 3.05) is 20.8 Å². The number of carbonyl (C=O) groups excluding carboxylic acids is 2. The summed E-state index contributed by atoms with van der Waals surface area (Å²) in [7, 11) is 2.68. The maximum Gasteiger partial charge on any atom is 0.320 e. The predicted octanol–water partition coefficient (Wildman–Crippen LogP) is 1.16. The first-order valence-corrected chi connectivity index (χ1v) is 4.85. The Hall–Kier alpha value is -1.68. The lowest BCUT2D eigenvalue weighted by Gasteiger charge is -2.13. The van der Waals surface area contributed by atoms with Gasteiger partial charge >= 0.3 is 5.97 Å². The fourth-order valence-corrected chi connectivity index (χ4v) is 1.44. The van der Waals surface area contributed by atoms with Gasteiger partial charge in [0, 0.05) is 7.11 Å². The molecule has 0 amide bonds. The number of Topliss-reactive ketones (excluding diaryl/α,β-unsaturated/α-hetero) is 1. The van der Waals surface area contributed by atoms with E-state index < -0.39 is 11.9 Å². The van der Waals surface area contributed by atoms with E-state index >= 15 is 0 Å². The van der Waals surface area contributed by atoms with Gasteiger partial charge < -0.3 is 9.47 Å². The molecule has 1 aromatic rings. The van der Waals surface area contributed by atoms with Crippen LogP contribution in [0.3, 0.4) is 0 Å². The third-order valence-electron chi connectivity index (χ3n) is 2.18. The average Bonchev–Trinajstić information content (AvgIpc) is 2.31. The minimum atomic E-state index is -0.897. The maximum absolute atomic E-state index is 11.7. The van der Waals surface area contributed by atoms with Crippen molar-refractivity contribution in [3.05, 3.63) is 35.9 Å². The Morgan fingerprint density at radius 2 is 1.81 bits per heavy atom. The van der Waals surface area contributed by atoms with Gasteiger partial charge in [0.05, 0.1) is 7.11 Å². The van der Waals surface area contributed by atoms with E-state index in [9.17, 15) is 9.59 Å². The zero-order valence-corrected chi connectivity index (χ0v) is 9.30. The lowest BCUT2D eigenvalue weighted by atomic mass is 9.95. The van der Waals surface area contributed by atoms with Gasteiger partial charge in [0.2, 0.25) is 0 Å². The van der Waals surface area contributed by atoms with Crippen molar-refractivity contribution >= 4 is 11.8 Å². The molecular weight excluding hydrogens is 208 g/mol. The summed E-state index contributed by atoms with van der Waals surface area (Å²) in [5.74, 6) is -1.76. The van der Waals surface area contributed by atoms with Gasteiger partial charge in [-0.25, -0.2) is 0 Å². The van der Waals surface area contributed by atoms with Crippen LogP contribution in [0.2, 0.25) is 0 Å². The molecule has 0 saturated carbocycles. The highest BCUT2D eigenvalue weighted by Gasteiger charge is 2.28. The van der Waals surface area contributed by atoms with Gasteiger partial charge in [-0.1, -0.05) is 30.3 Å². The summed E-state index contributed by atoms with van der Waals surface area (Å²) in [6.45, 7) is -0.103. The molecule has 1 rings (SSSR count). The summed E-state index contributed by atoms with van der Waals surface area (Å²) in [6, 6.07) is 8.79. The third-order valence-corrected chi connectivity index (χ3v) is 2.18. The standard InChI is InChI=1S/C12H14O4/c1-15-8-10(13)11(12(14)16-2)9-6-4-3-5-7-9/h3-7,11H,8H2,1-2H3. The Labute approximate surface area is 94.2 Å². The highest BCUT2D eigenvalue weighted by atomic mass is 16.5. The number of methoxy groups -OCH3 is 2. The molecule has 4 nitrogen and oxygen atoms in total. The van der Waals surface area contributed by atoms with Crippen LogP contribution in [0.15, 0.2) is 30.3 Å². The van der Waals surface area contributed by atoms with Crippen molar-refractivity contribution in [3.8, 4) is 0 Å². The van der Waals surface area contributed by atoms with E-state index in [1.54, 1.807) is 24.3 Å². The number of rotatable bonds is 5. The van der Waals surface area contributed by atoms with E-state index in [-0.39, 0.29) is 12.4 Å². The average molecular weight is 222 g/mol. The zero-order valence-electron chi connectivity index (χ0n) is 9.30. The molecule has 1 unspecified atom stereocenters. The first-order valence-electron chi connectivity index (χ1n) is 4.85. The molecule has 0 spiro atoms. The number of ketones is 1. The second-order valence-corrected chi connectivity index (χ2v) is 3.27. The number of hydrogen-bond donors (Lipinski definition) is 0. The molecule has 1 atom stereocenters. The van der Waals surface area contributed by atoms with Crippen LogP contribution in [0.5, 0.6) is 0 Å². The van der Waals surface area contributed by atoms with Crippen molar-refractivity contribution in [2.45, 2.75) is 5.92 Å². The molecule has 0 saturated heterocycles. The normalized spacial score (nSPS) is 11.9. The van der Waals surface area contributed by atoms with Crippen molar-refractivity contribution in [3.63, 3.8) is 0 Å². The minimum absolute atomic E-state index is 0.103. The van der Waals surface area contributed by atoms with Crippen molar-refractivity contribution < 1.29 is 19.1 Å². The van der Waals surface area contributed by atoms with Crippen molar-refractivity contribution in [1.82, 2.24) is 0 Å². The molecule has 0 aliphatic carbocycles. The molecule has 0 heterocycles. The van der Waals surface area contributed by atoms with Crippen molar-refractivity contribution in [2.24, 2.45) is 0 Å². The minimum Gasteiger partial charge on any atom is -0.468 e. The molecule has 1 aromatic carbocycles. The second kappa shape index (κ2) is 6.02. The first-order chi connectivity index (χ1) is 7.70. The molecule has 4 heteroatoms. The third kappa shape index (κ3) is 2.90. The molecular formula is C12H14O4. The molecule has 86 valence electrons. The van der Waals surface area contributed by atoms with Crippen LogP contribution in [-0.4, -0.2) is 32.6 Å². The smallest absolute Gasteiger partial charge is 0.320 e. The summed E-state index contributed by atoms with van der Waals surface area (Å²) in [4.78, 5) is 23.2. The fourth-order valence-electron chi connectivity index (χ4n) is 1.44. The summed E-state index contributed by atoms with van der Waals surface area (Å²) in [5.41, 5.74) is 0.622. The number of benzene rings is 1. The molecule has 0 aromatic heterocycles. The van der Waals surface area contributed by atoms with Crippen LogP contribution < -0.4 is 0 Å². The van der Waals surface area contributed by atoms with Gasteiger partial charge in [-0.3, -0.25) is 9.59 Å². The molecule has 0 bridgehead atoms. The maximum atomic E-state index is 11.7. The number of esters is 1. The van der Waals surface area contributed by atoms with Gasteiger partial charge in [-0.15, -0.1) is 0 Å². The van der Waals surface area contributed by atoms with E-state index in [0.717, 1.165) is 0 Å². The Balaban J connectivity index is 2.97. The second-order valence-electron chi connectivity index (χ2n) is 3.27. The summed E-state index contributed by atoms with van der Waals surface area (Å²) in [5, 5.41) is 0. The van der Waals surface area contributed by atoms with E-state index in [0.29, 0.717) is 5.56 Å². The van der Waals surface area contributed by atoms with Crippen LogP contribution in [0.25, 0.3) is 0 Å². The predicted molar refractivity (Wildman–Crippen MR) is 58.1 cm³/mol. The van der Waals surface area contributed by atoms with E-state index in [1.165, 1.54) is 14.2 Å². The van der Waals surface area contributed by atoms with Gasteiger partial charge in [0.1, 0.15) is 12.5 Å². The van der Waals surface area contributed by atoms with Crippen LogP contribution in [0.4, 0.5) is 0 Å². The Kier molecular flexibility index (Phi) is 4.66. The van der Waals surface area contributed by atoms with Gasteiger partial charge in [0.15, 0.2) is 5.78 Å². The van der Waals surface area contributed by atoms with Gasteiger partial charge in [0.25, 0.3) is 0 Å². The van der Waals surface area contributed by atoms with Crippen LogP contribution in [0.1, 0.15) is 11.5 Å². The van der Waals surface area contributed by atoms with E-state index in [1.807, 2.05) is 6.07 Å². The highest BCUT2D eigenvalue weighted by Crippen LogP contribution is 2.18. The SMILES string of the molecule is COCC(=O)C(C(=O)OC)c1ccccc1. The van der Waals surface area contributed by atoms with Crippen molar-refractivity contribution in [1.29, 1.82) is 0 Å². The summed E-state index contributed by atoms with van der Waals surface area (Å²) in [6.07, 6.45) is 0. The summed E-state index contributed by atoms with van der Waals surface area (Å²) < 4.78 is 9.36. The van der Waals surface area contributed by atoms with Crippen LogP contribution >= 0.6 is 0 Å². The summed E-state index contributed by atoms with van der Waals surface area (Å²) >= 11 is 0. The van der Waals surface area contributed by atoms with Crippen LogP contribution in [0, 0.1) is 0 Å². The number of carbonyl (C=O) groups is 2. The van der Waals surface area contributed by atoms with Gasteiger partial charge in [-0.05, 0) is 5.56 Å². The molecule has 0 aliphatic heterocycles. The molecule has 0 radical (unpaired) electrons. The lowest BCUT2D eigenvalue weighted by molar-refractivity contribution is -0.146. The Morgan fingerprint density at radius 1 is 1.19 bits per heavy atom. The fraction of sp³-hybridized carbons (Fsp3) is 0.333. The number of ether oxygens (including phenoxy) is 2. The van der Waals surface area contributed by atoms with Crippen LogP contribution in [-0.2, 0) is 19.1 Å². The quantitative estimate of drug-likeness (QED) is 0.554. The van der Waals surface area contributed by atoms with E-state index in [4.69, 9.17) is 4.74 Å². The molecule has 0 N–H and O–H groups in total. The Bertz CT molecular complexity index is 359. The monoisotopic (exact) mass is 222 g/mol. The van der Waals surface area contributed by atoms with E-state index in [2.05, 4.69) is 4.74 Å². The zero-order chi connectivity index (χ0) is 12.0. The molecule has 0 aliphatic rings. The molecule has 16 heavy (non-hydrogen) atoms. The topological polar surface area (TPSA) is 52.6 Å². The lowest BCUT2D eigenvalue weighted by Crippen LogP contribution is -2.26. The first kappa shape index (κ1) is 12.4. The highest BCUT2D eigenvalue weighted by molar-refractivity contribution is 6.05.